The Morgan fingerprint density at radius 2 is 1.72 bits per heavy atom. The molecule has 3 aromatic rings. The lowest BCUT2D eigenvalue weighted by atomic mass is 10.1. The number of aryl methyl sites for hydroxylation is 2. The maximum Gasteiger partial charge on any atom is 0.241 e. The second-order valence-corrected chi connectivity index (χ2v) is 7.64. The lowest BCUT2D eigenvalue weighted by Crippen LogP contribution is -2.48. The van der Waals surface area contributed by atoms with Crippen molar-refractivity contribution < 1.29 is 9.32 Å². The van der Waals surface area contributed by atoms with E-state index in [0.29, 0.717) is 24.7 Å². The Kier molecular flexibility index (Phi) is 5.71. The summed E-state index contributed by atoms with van der Waals surface area (Å²) >= 11 is 0. The number of aromatic nitrogens is 2. The highest BCUT2D eigenvalue weighted by Gasteiger charge is 2.23. The first kappa shape index (κ1) is 19.3. The third kappa shape index (κ3) is 4.71. The molecule has 0 spiro atoms. The van der Waals surface area contributed by atoms with Crippen LogP contribution in [0.5, 0.6) is 0 Å². The Hall–Kier alpha value is -2.99. The van der Waals surface area contributed by atoms with E-state index in [-0.39, 0.29) is 5.91 Å². The number of benzene rings is 2. The van der Waals surface area contributed by atoms with Crippen molar-refractivity contribution in [2.75, 3.05) is 26.2 Å². The molecule has 1 aromatic heterocycles. The zero-order valence-corrected chi connectivity index (χ0v) is 17.0. The lowest BCUT2D eigenvalue weighted by molar-refractivity contribution is -0.132. The molecule has 2 aromatic carbocycles. The molecular formula is C23H26N4O2. The van der Waals surface area contributed by atoms with Gasteiger partial charge in [0.2, 0.25) is 17.6 Å². The maximum atomic E-state index is 12.6. The topological polar surface area (TPSA) is 62.5 Å². The molecule has 0 aliphatic carbocycles. The van der Waals surface area contributed by atoms with Gasteiger partial charge in [-0.15, -0.1) is 0 Å². The molecule has 1 aliphatic rings. The molecular weight excluding hydrogens is 364 g/mol. The Balaban J connectivity index is 1.29. The number of hydrogen-bond acceptors (Lipinski definition) is 5. The molecule has 1 amide bonds. The van der Waals surface area contributed by atoms with Crippen LogP contribution in [0.3, 0.4) is 0 Å². The molecule has 1 saturated heterocycles. The molecule has 0 radical (unpaired) electrons. The molecule has 0 saturated carbocycles. The van der Waals surface area contributed by atoms with E-state index < -0.39 is 0 Å². The minimum Gasteiger partial charge on any atom is -0.340 e. The molecule has 0 unspecified atom stereocenters. The molecule has 1 aliphatic heterocycles. The summed E-state index contributed by atoms with van der Waals surface area (Å²) in [5.74, 6) is 1.42. The van der Waals surface area contributed by atoms with E-state index in [1.165, 1.54) is 11.1 Å². The largest absolute Gasteiger partial charge is 0.340 e. The summed E-state index contributed by atoms with van der Waals surface area (Å²) in [6.07, 6.45) is 0.468. The summed E-state index contributed by atoms with van der Waals surface area (Å²) in [5, 5.41) is 4.10. The summed E-state index contributed by atoms with van der Waals surface area (Å²) < 4.78 is 5.44. The van der Waals surface area contributed by atoms with Gasteiger partial charge in [0.1, 0.15) is 0 Å². The minimum absolute atomic E-state index is 0.193. The van der Waals surface area contributed by atoms with Crippen LogP contribution in [-0.2, 0) is 17.8 Å². The van der Waals surface area contributed by atoms with Crippen molar-refractivity contribution in [3.63, 3.8) is 0 Å². The quantitative estimate of drug-likeness (QED) is 0.669. The first-order chi connectivity index (χ1) is 14.1. The number of hydrogen-bond donors (Lipinski definition) is 0. The van der Waals surface area contributed by atoms with Crippen LogP contribution >= 0.6 is 0 Å². The van der Waals surface area contributed by atoms with Gasteiger partial charge < -0.3 is 9.42 Å². The highest BCUT2D eigenvalue weighted by molar-refractivity contribution is 5.79. The molecule has 4 rings (SSSR count). The fourth-order valence-corrected chi connectivity index (χ4v) is 3.57. The van der Waals surface area contributed by atoms with Crippen LogP contribution in [0.2, 0.25) is 0 Å². The van der Waals surface area contributed by atoms with Crippen LogP contribution in [0.15, 0.2) is 53.1 Å². The van der Waals surface area contributed by atoms with E-state index in [1.54, 1.807) is 0 Å². The third-order valence-electron chi connectivity index (χ3n) is 5.46. The number of nitrogens with zero attached hydrogens (tertiary/aromatic N) is 4. The summed E-state index contributed by atoms with van der Waals surface area (Å²) in [5.41, 5.74) is 4.43. The average molecular weight is 390 g/mol. The average Bonchev–Trinajstić information content (AvgIpc) is 3.19. The first-order valence-corrected chi connectivity index (χ1v) is 10.0. The number of carbonyl (C=O) groups is 1. The normalized spacial score (nSPS) is 14.9. The van der Waals surface area contributed by atoms with Gasteiger partial charge >= 0.3 is 0 Å². The van der Waals surface area contributed by atoms with E-state index in [2.05, 4.69) is 35.0 Å². The van der Waals surface area contributed by atoms with Gasteiger partial charge in [-0.1, -0.05) is 59.3 Å². The second kappa shape index (κ2) is 8.57. The zero-order valence-electron chi connectivity index (χ0n) is 17.0. The van der Waals surface area contributed by atoms with Gasteiger partial charge in [0, 0.05) is 31.7 Å². The molecule has 0 N–H and O–H groups in total. The van der Waals surface area contributed by atoms with Crippen molar-refractivity contribution in [1.29, 1.82) is 0 Å². The molecule has 6 heteroatoms. The van der Waals surface area contributed by atoms with Crippen LogP contribution < -0.4 is 0 Å². The molecule has 150 valence electrons. The Bertz CT molecular complexity index is 973. The standard InChI is InChI=1S/C23H26N4O2/c1-17-7-9-19(10-8-17)23-24-21(29-25-23)16-26-11-13-27(14-12-26)22(28)15-20-6-4-3-5-18(20)2/h3-10H,11-16H2,1-2H3. The predicted molar refractivity (Wildman–Crippen MR) is 111 cm³/mol. The number of piperazine rings is 1. The van der Waals surface area contributed by atoms with Crippen molar-refractivity contribution in [3.05, 3.63) is 71.1 Å². The molecule has 29 heavy (non-hydrogen) atoms. The molecule has 0 bridgehead atoms. The van der Waals surface area contributed by atoms with Gasteiger partial charge in [-0.3, -0.25) is 9.69 Å². The minimum atomic E-state index is 0.193. The zero-order chi connectivity index (χ0) is 20.2. The Labute approximate surface area is 171 Å². The maximum absolute atomic E-state index is 12.6. The van der Waals surface area contributed by atoms with Crippen molar-refractivity contribution in [2.24, 2.45) is 0 Å². The lowest BCUT2D eigenvalue weighted by Gasteiger charge is -2.34. The third-order valence-corrected chi connectivity index (χ3v) is 5.46. The van der Waals surface area contributed by atoms with Gasteiger partial charge in [0.15, 0.2) is 0 Å². The van der Waals surface area contributed by atoms with Crippen LogP contribution in [0, 0.1) is 13.8 Å². The van der Waals surface area contributed by atoms with E-state index in [1.807, 2.05) is 47.4 Å². The number of rotatable bonds is 5. The van der Waals surface area contributed by atoms with Gasteiger partial charge in [0.05, 0.1) is 13.0 Å². The Morgan fingerprint density at radius 1 is 1.00 bits per heavy atom. The van der Waals surface area contributed by atoms with Crippen molar-refractivity contribution in [3.8, 4) is 11.4 Å². The molecule has 0 atom stereocenters. The SMILES string of the molecule is Cc1ccc(-c2noc(CN3CCN(C(=O)Cc4ccccc4C)CC3)n2)cc1. The summed E-state index contributed by atoms with van der Waals surface area (Å²) in [6, 6.07) is 16.2. The highest BCUT2D eigenvalue weighted by Crippen LogP contribution is 2.18. The Morgan fingerprint density at radius 3 is 2.45 bits per heavy atom. The monoisotopic (exact) mass is 390 g/mol. The van der Waals surface area contributed by atoms with Gasteiger partial charge in [-0.25, -0.2) is 0 Å². The van der Waals surface area contributed by atoms with Crippen LogP contribution in [0.1, 0.15) is 22.6 Å². The van der Waals surface area contributed by atoms with Crippen molar-refractivity contribution in [2.45, 2.75) is 26.8 Å². The van der Waals surface area contributed by atoms with Crippen LogP contribution in [-0.4, -0.2) is 52.0 Å². The van der Waals surface area contributed by atoms with Gasteiger partial charge in [-0.2, -0.15) is 4.98 Å². The number of amides is 1. The van der Waals surface area contributed by atoms with E-state index in [0.717, 1.165) is 37.3 Å². The first-order valence-electron chi connectivity index (χ1n) is 10.0. The summed E-state index contributed by atoms with van der Waals surface area (Å²) in [6.45, 7) is 7.78. The van der Waals surface area contributed by atoms with Crippen LogP contribution in [0.4, 0.5) is 0 Å². The molecule has 6 nitrogen and oxygen atoms in total. The smallest absolute Gasteiger partial charge is 0.241 e. The summed E-state index contributed by atoms with van der Waals surface area (Å²) in [7, 11) is 0. The molecule has 1 fully saturated rings. The fraction of sp³-hybridized carbons (Fsp3) is 0.348. The van der Waals surface area contributed by atoms with Crippen molar-refractivity contribution in [1.82, 2.24) is 19.9 Å². The van der Waals surface area contributed by atoms with Crippen LogP contribution in [0.25, 0.3) is 11.4 Å². The van der Waals surface area contributed by atoms with Gasteiger partial charge in [0.25, 0.3) is 0 Å². The second-order valence-electron chi connectivity index (χ2n) is 7.64. The van der Waals surface area contributed by atoms with E-state index in [9.17, 15) is 4.79 Å². The van der Waals surface area contributed by atoms with Gasteiger partial charge in [-0.05, 0) is 25.0 Å². The highest BCUT2D eigenvalue weighted by atomic mass is 16.5. The number of carbonyl (C=O) groups excluding carboxylic acids is 1. The van der Waals surface area contributed by atoms with E-state index >= 15 is 0 Å². The fourth-order valence-electron chi connectivity index (χ4n) is 3.57. The summed E-state index contributed by atoms with van der Waals surface area (Å²) in [4.78, 5) is 21.4. The van der Waals surface area contributed by atoms with Crippen molar-refractivity contribution >= 4 is 5.91 Å². The predicted octanol–water partition coefficient (Wildman–Crippen LogP) is 3.24. The van der Waals surface area contributed by atoms with E-state index in [4.69, 9.17) is 4.52 Å². The molecule has 2 heterocycles.